The summed E-state index contributed by atoms with van der Waals surface area (Å²) in [5, 5.41) is 0. The molecule has 0 N–H and O–H groups in total. The first-order valence-electron chi connectivity index (χ1n) is 7.84. The SMILES string of the molecule is CCC(C)(C)C(=O)OC1(CC(C)(C)C)CCCCC1. The third-order valence-electron chi connectivity index (χ3n) is 4.36. The molecule has 0 bridgehead atoms. The Hall–Kier alpha value is -0.530. The zero-order chi connectivity index (χ0) is 14.7. The highest BCUT2D eigenvalue weighted by Gasteiger charge is 2.42. The van der Waals surface area contributed by atoms with Gasteiger partial charge in [0.2, 0.25) is 0 Å². The summed E-state index contributed by atoms with van der Waals surface area (Å²) in [6.07, 6.45) is 7.54. The molecule has 2 heteroatoms. The summed E-state index contributed by atoms with van der Waals surface area (Å²) in [6.45, 7) is 12.7. The quantitative estimate of drug-likeness (QED) is 0.663. The highest BCUT2D eigenvalue weighted by molar-refractivity contribution is 5.76. The fraction of sp³-hybridized carbons (Fsp3) is 0.941. The third-order valence-corrected chi connectivity index (χ3v) is 4.36. The minimum absolute atomic E-state index is 0.0128. The summed E-state index contributed by atoms with van der Waals surface area (Å²) in [5.74, 6) is -0.0128. The van der Waals surface area contributed by atoms with Crippen molar-refractivity contribution in [3.05, 3.63) is 0 Å². The highest BCUT2D eigenvalue weighted by atomic mass is 16.6. The van der Waals surface area contributed by atoms with Crippen molar-refractivity contribution >= 4 is 5.97 Å². The molecule has 1 fully saturated rings. The van der Waals surface area contributed by atoms with Crippen LogP contribution in [0.3, 0.4) is 0 Å². The van der Waals surface area contributed by atoms with E-state index in [0.29, 0.717) is 0 Å². The summed E-state index contributed by atoms with van der Waals surface area (Å²) in [7, 11) is 0. The molecule has 1 aliphatic carbocycles. The normalized spacial score (nSPS) is 20.1. The molecule has 0 spiro atoms. The molecule has 0 aromatic heterocycles. The molecule has 0 amide bonds. The fourth-order valence-electron chi connectivity index (χ4n) is 2.96. The molecule has 0 unspecified atom stereocenters. The zero-order valence-corrected chi connectivity index (χ0v) is 13.8. The number of ether oxygens (including phenoxy) is 1. The van der Waals surface area contributed by atoms with Crippen LogP contribution in [-0.2, 0) is 9.53 Å². The Morgan fingerprint density at radius 1 is 1.05 bits per heavy atom. The van der Waals surface area contributed by atoms with Gasteiger partial charge in [0.15, 0.2) is 0 Å². The minimum Gasteiger partial charge on any atom is -0.459 e. The summed E-state index contributed by atoms with van der Waals surface area (Å²) in [5.41, 5.74) is -0.365. The predicted molar refractivity (Wildman–Crippen MR) is 80.1 cm³/mol. The largest absolute Gasteiger partial charge is 0.459 e. The van der Waals surface area contributed by atoms with Crippen molar-refractivity contribution in [2.75, 3.05) is 0 Å². The first kappa shape index (κ1) is 16.5. The van der Waals surface area contributed by atoms with E-state index < -0.39 is 0 Å². The lowest BCUT2D eigenvalue weighted by Gasteiger charge is -2.42. The van der Waals surface area contributed by atoms with Crippen molar-refractivity contribution in [2.45, 2.75) is 92.1 Å². The Bertz CT molecular complexity index is 304. The highest BCUT2D eigenvalue weighted by Crippen LogP contribution is 2.42. The first-order chi connectivity index (χ1) is 8.60. The molecular formula is C17H32O2. The molecule has 0 aromatic rings. The van der Waals surface area contributed by atoms with E-state index in [0.717, 1.165) is 25.7 Å². The summed E-state index contributed by atoms with van der Waals surface area (Å²) < 4.78 is 6.07. The van der Waals surface area contributed by atoms with Crippen molar-refractivity contribution in [3.8, 4) is 0 Å². The number of esters is 1. The van der Waals surface area contributed by atoms with E-state index in [4.69, 9.17) is 4.74 Å². The topological polar surface area (TPSA) is 26.3 Å². The fourth-order valence-corrected chi connectivity index (χ4v) is 2.96. The van der Waals surface area contributed by atoms with Crippen molar-refractivity contribution in [2.24, 2.45) is 10.8 Å². The van der Waals surface area contributed by atoms with E-state index in [-0.39, 0.29) is 22.4 Å². The van der Waals surface area contributed by atoms with Crippen LogP contribution < -0.4 is 0 Å². The molecule has 2 nitrogen and oxygen atoms in total. The van der Waals surface area contributed by atoms with Gasteiger partial charge in [-0.15, -0.1) is 0 Å². The monoisotopic (exact) mass is 268 g/mol. The summed E-state index contributed by atoms with van der Waals surface area (Å²) in [4.78, 5) is 12.4. The van der Waals surface area contributed by atoms with E-state index in [9.17, 15) is 4.79 Å². The molecule has 0 aliphatic heterocycles. The van der Waals surface area contributed by atoms with Crippen LogP contribution in [0.2, 0.25) is 0 Å². The lowest BCUT2D eigenvalue weighted by molar-refractivity contribution is -0.178. The second-order valence-corrected chi connectivity index (χ2v) is 8.11. The van der Waals surface area contributed by atoms with Gasteiger partial charge in [-0.3, -0.25) is 4.79 Å². The van der Waals surface area contributed by atoms with Gasteiger partial charge in [0.05, 0.1) is 5.41 Å². The van der Waals surface area contributed by atoms with Crippen LogP contribution in [-0.4, -0.2) is 11.6 Å². The van der Waals surface area contributed by atoms with Crippen molar-refractivity contribution in [3.63, 3.8) is 0 Å². The lowest BCUT2D eigenvalue weighted by Crippen LogP contribution is -2.43. The van der Waals surface area contributed by atoms with E-state index in [1.54, 1.807) is 0 Å². The number of hydrogen-bond donors (Lipinski definition) is 0. The molecule has 1 aliphatic rings. The van der Waals surface area contributed by atoms with Crippen LogP contribution in [0.1, 0.15) is 86.5 Å². The van der Waals surface area contributed by atoms with Crippen LogP contribution in [0, 0.1) is 10.8 Å². The van der Waals surface area contributed by atoms with E-state index in [2.05, 4.69) is 27.7 Å². The zero-order valence-electron chi connectivity index (χ0n) is 13.8. The molecule has 0 radical (unpaired) electrons. The molecule has 0 heterocycles. The molecule has 0 saturated heterocycles. The number of rotatable bonds is 4. The maximum Gasteiger partial charge on any atom is 0.312 e. The predicted octanol–water partition coefficient (Wildman–Crippen LogP) is 5.10. The van der Waals surface area contributed by atoms with Gasteiger partial charge in [0.1, 0.15) is 5.60 Å². The third kappa shape index (κ3) is 4.81. The summed E-state index contributed by atoms with van der Waals surface area (Å²) >= 11 is 0. The number of hydrogen-bond acceptors (Lipinski definition) is 2. The standard InChI is InChI=1S/C17H32O2/c1-7-16(5,6)14(18)19-17(13-15(2,3)4)11-9-8-10-12-17/h7-13H2,1-6H3. The van der Waals surface area contributed by atoms with Gasteiger partial charge in [0.25, 0.3) is 0 Å². The second-order valence-electron chi connectivity index (χ2n) is 8.11. The smallest absolute Gasteiger partial charge is 0.312 e. The maximum absolute atomic E-state index is 12.4. The number of carbonyl (C=O) groups excluding carboxylic acids is 1. The first-order valence-corrected chi connectivity index (χ1v) is 7.84. The minimum atomic E-state index is -0.359. The molecule has 0 atom stereocenters. The van der Waals surface area contributed by atoms with Crippen molar-refractivity contribution < 1.29 is 9.53 Å². The van der Waals surface area contributed by atoms with Gasteiger partial charge in [-0.25, -0.2) is 0 Å². The second kappa shape index (κ2) is 5.85. The average Bonchev–Trinajstić information content (AvgIpc) is 2.27. The van der Waals surface area contributed by atoms with E-state index in [1.807, 2.05) is 13.8 Å². The van der Waals surface area contributed by atoms with E-state index >= 15 is 0 Å². The Labute approximate surface area is 119 Å². The van der Waals surface area contributed by atoms with Gasteiger partial charge in [-0.1, -0.05) is 34.1 Å². The van der Waals surface area contributed by atoms with Gasteiger partial charge >= 0.3 is 5.97 Å². The Kier molecular flexibility index (Phi) is 5.08. The average molecular weight is 268 g/mol. The van der Waals surface area contributed by atoms with Crippen LogP contribution in [0.15, 0.2) is 0 Å². The molecule has 0 aromatic carbocycles. The molecule has 112 valence electrons. The van der Waals surface area contributed by atoms with Gasteiger partial charge in [-0.2, -0.15) is 0 Å². The van der Waals surface area contributed by atoms with Gasteiger partial charge < -0.3 is 4.74 Å². The summed E-state index contributed by atoms with van der Waals surface area (Å²) in [6, 6.07) is 0. The Balaban J connectivity index is 2.83. The molecular weight excluding hydrogens is 236 g/mol. The Morgan fingerprint density at radius 3 is 2.00 bits per heavy atom. The molecule has 1 saturated carbocycles. The lowest BCUT2D eigenvalue weighted by atomic mass is 9.73. The van der Waals surface area contributed by atoms with Crippen LogP contribution in [0.25, 0.3) is 0 Å². The number of carbonyl (C=O) groups is 1. The van der Waals surface area contributed by atoms with Gasteiger partial charge in [-0.05, 0) is 57.8 Å². The van der Waals surface area contributed by atoms with Crippen molar-refractivity contribution in [1.29, 1.82) is 0 Å². The maximum atomic E-state index is 12.4. The van der Waals surface area contributed by atoms with Crippen LogP contribution in [0.4, 0.5) is 0 Å². The van der Waals surface area contributed by atoms with Gasteiger partial charge in [0, 0.05) is 0 Å². The van der Waals surface area contributed by atoms with Crippen LogP contribution >= 0.6 is 0 Å². The van der Waals surface area contributed by atoms with E-state index in [1.165, 1.54) is 19.3 Å². The van der Waals surface area contributed by atoms with Crippen LogP contribution in [0.5, 0.6) is 0 Å². The van der Waals surface area contributed by atoms with Crippen molar-refractivity contribution in [1.82, 2.24) is 0 Å². The molecule has 1 rings (SSSR count). The Morgan fingerprint density at radius 2 is 1.58 bits per heavy atom. The molecule has 19 heavy (non-hydrogen) atoms.